The number of halogens is 1. The Kier molecular flexibility index (Phi) is 3.18. The number of carbonyl (C=O) groups excluding carboxylic acids is 1. The monoisotopic (exact) mass is 233 g/mol. The lowest BCUT2D eigenvalue weighted by Crippen LogP contribution is -2.24. The summed E-state index contributed by atoms with van der Waals surface area (Å²) in [6.07, 6.45) is 4.30. The summed E-state index contributed by atoms with van der Waals surface area (Å²) in [6.45, 7) is 0.365. The van der Waals surface area contributed by atoms with E-state index < -0.39 is 11.7 Å². The van der Waals surface area contributed by atoms with E-state index in [4.69, 9.17) is 0 Å². The minimum absolute atomic E-state index is 0.00853. The summed E-state index contributed by atoms with van der Waals surface area (Å²) in [6, 6.07) is 5.13. The van der Waals surface area contributed by atoms with Crippen molar-refractivity contribution in [3.63, 3.8) is 0 Å². The number of aromatic nitrogens is 2. The molecule has 5 heteroatoms. The van der Waals surface area contributed by atoms with Gasteiger partial charge in [-0.05, 0) is 18.2 Å². The topological polar surface area (TPSA) is 46.9 Å². The van der Waals surface area contributed by atoms with Crippen LogP contribution in [0.1, 0.15) is 16.1 Å². The SMILES string of the molecule is Cn1cccc1CNC(=O)c1ccncc1F. The number of hydrogen-bond acceptors (Lipinski definition) is 2. The van der Waals surface area contributed by atoms with Crippen LogP contribution in [0.4, 0.5) is 4.39 Å². The van der Waals surface area contributed by atoms with E-state index in [2.05, 4.69) is 10.3 Å². The molecule has 1 N–H and O–H groups in total. The van der Waals surface area contributed by atoms with Gasteiger partial charge in [-0.2, -0.15) is 0 Å². The second kappa shape index (κ2) is 4.78. The van der Waals surface area contributed by atoms with Crippen LogP contribution in [0, 0.1) is 5.82 Å². The molecule has 0 aliphatic carbocycles. The number of amides is 1. The molecule has 17 heavy (non-hydrogen) atoms. The number of aryl methyl sites for hydroxylation is 1. The molecular weight excluding hydrogens is 221 g/mol. The van der Waals surface area contributed by atoms with Crippen molar-refractivity contribution >= 4 is 5.91 Å². The summed E-state index contributed by atoms with van der Waals surface area (Å²) >= 11 is 0. The standard InChI is InChI=1S/C12H12FN3O/c1-16-6-2-3-9(16)7-15-12(17)10-4-5-14-8-11(10)13/h2-6,8H,7H2,1H3,(H,15,17). The first-order valence-corrected chi connectivity index (χ1v) is 5.16. The van der Waals surface area contributed by atoms with Crippen LogP contribution in [-0.4, -0.2) is 15.5 Å². The number of pyridine rings is 1. The molecule has 1 amide bonds. The van der Waals surface area contributed by atoms with Crippen molar-refractivity contribution in [2.24, 2.45) is 7.05 Å². The highest BCUT2D eigenvalue weighted by Crippen LogP contribution is 2.05. The van der Waals surface area contributed by atoms with Crippen LogP contribution in [0.5, 0.6) is 0 Å². The molecule has 0 aliphatic rings. The van der Waals surface area contributed by atoms with E-state index in [-0.39, 0.29) is 5.56 Å². The summed E-state index contributed by atoms with van der Waals surface area (Å²) in [5, 5.41) is 2.66. The van der Waals surface area contributed by atoms with Gasteiger partial charge in [-0.25, -0.2) is 4.39 Å². The Hall–Kier alpha value is -2.17. The minimum Gasteiger partial charge on any atom is -0.353 e. The fraction of sp³-hybridized carbons (Fsp3) is 0.167. The Bertz CT molecular complexity index is 536. The fourth-order valence-corrected chi connectivity index (χ4v) is 1.51. The Balaban J connectivity index is 2.04. The van der Waals surface area contributed by atoms with Gasteiger partial charge in [-0.15, -0.1) is 0 Å². The normalized spacial score (nSPS) is 10.2. The maximum Gasteiger partial charge on any atom is 0.254 e. The highest BCUT2D eigenvalue weighted by Gasteiger charge is 2.10. The van der Waals surface area contributed by atoms with Crippen molar-refractivity contribution in [3.8, 4) is 0 Å². The van der Waals surface area contributed by atoms with Crippen molar-refractivity contribution in [3.05, 3.63) is 53.9 Å². The number of nitrogens with zero attached hydrogens (tertiary/aromatic N) is 2. The molecule has 2 aromatic rings. The fourth-order valence-electron chi connectivity index (χ4n) is 1.51. The summed E-state index contributed by atoms with van der Waals surface area (Å²) in [5.41, 5.74) is 0.960. The average Bonchev–Trinajstić information content (AvgIpc) is 2.72. The Morgan fingerprint density at radius 1 is 1.53 bits per heavy atom. The number of nitrogens with one attached hydrogen (secondary N) is 1. The molecule has 4 nitrogen and oxygen atoms in total. The minimum atomic E-state index is -0.614. The molecule has 0 unspecified atom stereocenters. The van der Waals surface area contributed by atoms with Crippen LogP contribution in [0.25, 0.3) is 0 Å². The Morgan fingerprint density at radius 2 is 2.35 bits per heavy atom. The quantitative estimate of drug-likeness (QED) is 0.873. The van der Waals surface area contributed by atoms with Gasteiger partial charge in [-0.3, -0.25) is 9.78 Å². The third kappa shape index (κ3) is 2.50. The van der Waals surface area contributed by atoms with Crippen molar-refractivity contribution in [1.29, 1.82) is 0 Å². The molecule has 0 saturated carbocycles. The first-order chi connectivity index (χ1) is 8.18. The van der Waals surface area contributed by atoms with E-state index >= 15 is 0 Å². The van der Waals surface area contributed by atoms with Gasteiger partial charge < -0.3 is 9.88 Å². The first-order valence-electron chi connectivity index (χ1n) is 5.16. The largest absolute Gasteiger partial charge is 0.353 e. The van der Waals surface area contributed by atoms with Crippen LogP contribution >= 0.6 is 0 Å². The van der Waals surface area contributed by atoms with Gasteiger partial charge in [0.1, 0.15) is 0 Å². The van der Waals surface area contributed by atoms with E-state index in [0.717, 1.165) is 11.9 Å². The van der Waals surface area contributed by atoms with Crippen LogP contribution in [0.2, 0.25) is 0 Å². The van der Waals surface area contributed by atoms with Gasteiger partial charge >= 0.3 is 0 Å². The summed E-state index contributed by atoms with van der Waals surface area (Å²) in [7, 11) is 1.88. The second-order valence-electron chi connectivity index (χ2n) is 3.65. The molecule has 88 valence electrons. The van der Waals surface area contributed by atoms with Gasteiger partial charge in [0.25, 0.3) is 5.91 Å². The van der Waals surface area contributed by atoms with E-state index in [1.54, 1.807) is 0 Å². The van der Waals surface area contributed by atoms with Crippen molar-refractivity contribution in [2.45, 2.75) is 6.54 Å². The first kappa shape index (κ1) is 11.3. The smallest absolute Gasteiger partial charge is 0.254 e. The van der Waals surface area contributed by atoms with Crippen molar-refractivity contribution in [2.75, 3.05) is 0 Å². The summed E-state index contributed by atoms with van der Waals surface area (Å²) in [4.78, 5) is 15.3. The zero-order valence-corrected chi connectivity index (χ0v) is 9.35. The molecule has 2 heterocycles. The predicted molar refractivity (Wildman–Crippen MR) is 60.8 cm³/mol. The maximum atomic E-state index is 13.3. The van der Waals surface area contributed by atoms with Crippen molar-refractivity contribution in [1.82, 2.24) is 14.9 Å². The van der Waals surface area contributed by atoms with Gasteiger partial charge in [0.2, 0.25) is 0 Å². The van der Waals surface area contributed by atoms with Crippen LogP contribution in [0.3, 0.4) is 0 Å². The zero-order chi connectivity index (χ0) is 12.3. The molecule has 0 radical (unpaired) electrons. The van der Waals surface area contributed by atoms with Crippen LogP contribution in [0.15, 0.2) is 36.8 Å². The molecule has 2 aromatic heterocycles. The van der Waals surface area contributed by atoms with Gasteiger partial charge in [0.15, 0.2) is 5.82 Å². The van der Waals surface area contributed by atoms with E-state index in [1.807, 2.05) is 29.9 Å². The Morgan fingerprint density at radius 3 is 3.00 bits per heavy atom. The van der Waals surface area contributed by atoms with Gasteiger partial charge in [0.05, 0.1) is 18.3 Å². The maximum absolute atomic E-state index is 13.3. The molecule has 2 rings (SSSR count). The van der Waals surface area contributed by atoms with Crippen molar-refractivity contribution < 1.29 is 9.18 Å². The average molecular weight is 233 g/mol. The van der Waals surface area contributed by atoms with Crippen LogP contribution in [-0.2, 0) is 13.6 Å². The lowest BCUT2D eigenvalue weighted by molar-refractivity contribution is 0.0946. The molecule has 0 atom stereocenters. The third-order valence-corrected chi connectivity index (χ3v) is 2.50. The highest BCUT2D eigenvalue weighted by molar-refractivity contribution is 5.94. The Labute approximate surface area is 98.1 Å². The molecule has 0 bridgehead atoms. The highest BCUT2D eigenvalue weighted by atomic mass is 19.1. The number of hydrogen-bond donors (Lipinski definition) is 1. The number of rotatable bonds is 3. The molecule has 0 spiro atoms. The zero-order valence-electron chi connectivity index (χ0n) is 9.35. The molecule has 0 aliphatic heterocycles. The van der Waals surface area contributed by atoms with Gasteiger partial charge in [-0.1, -0.05) is 0 Å². The second-order valence-corrected chi connectivity index (χ2v) is 3.65. The lowest BCUT2D eigenvalue weighted by atomic mass is 10.2. The molecule has 0 aromatic carbocycles. The summed E-state index contributed by atoms with van der Waals surface area (Å²) < 4.78 is 15.1. The molecule has 0 fully saturated rings. The predicted octanol–water partition coefficient (Wildman–Crippen LogP) is 1.49. The third-order valence-electron chi connectivity index (χ3n) is 2.50. The van der Waals surface area contributed by atoms with E-state index in [0.29, 0.717) is 6.54 Å². The molecule has 0 saturated heterocycles. The van der Waals surface area contributed by atoms with E-state index in [9.17, 15) is 9.18 Å². The van der Waals surface area contributed by atoms with Gasteiger partial charge in [0, 0.05) is 25.1 Å². The lowest BCUT2D eigenvalue weighted by Gasteiger charge is -2.06. The summed E-state index contributed by atoms with van der Waals surface area (Å²) in [5.74, 6) is -1.05. The van der Waals surface area contributed by atoms with Crippen LogP contribution < -0.4 is 5.32 Å². The van der Waals surface area contributed by atoms with E-state index in [1.165, 1.54) is 12.3 Å². The molecular formula is C12H12FN3O. The number of carbonyl (C=O) groups is 1.